The van der Waals surface area contributed by atoms with Gasteiger partial charge in [0.05, 0.1) is 20.2 Å². The van der Waals surface area contributed by atoms with E-state index in [1.165, 1.54) is 24.1 Å². The van der Waals surface area contributed by atoms with Gasteiger partial charge in [0.15, 0.2) is 0 Å². The number of rotatable bonds is 6. The van der Waals surface area contributed by atoms with Gasteiger partial charge in [-0.15, -0.1) is 0 Å². The molecule has 16 heavy (non-hydrogen) atoms. The van der Waals surface area contributed by atoms with Crippen molar-refractivity contribution in [3.63, 3.8) is 0 Å². The maximum absolute atomic E-state index is 5.83. The Morgan fingerprint density at radius 1 is 1.19 bits per heavy atom. The van der Waals surface area contributed by atoms with Crippen LogP contribution in [0.1, 0.15) is 24.0 Å². The molecule has 90 valence electrons. The predicted molar refractivity (Wildman–Crippen MR) is 71.1 cm³/mol. The highest BCUT2D eigenvalue weighted by molar-refractivity contribution is 9.10. The zero-order valence-electron chi connectivity index (χ0n) is 10.3. The Morgan fingerprint density at radius 3 is 2.38 bits per heavy atom. The van der Waals surface area contributed by atoms with Gasteiger partial charge in [0.25, 0.3) is 0 Å². The SMILES string of the molecule is C[NH2+]CCCCOc1c(C)cc(Br)cc1C. The first-order valence-corrected chi connectivity index (χ1v) is 6.62. The zero-order valence-corrected chi connectivity index (χ0v) is 11.9. The third-order valence-electron chi connectivity index (χ3n) is 2.56. The van der Waals surface area contributed by atoms with Crippen LogP contribution in [0.4, 0.5) is 0 Å². The van der Waals surface area contributed by atoms with Crippen molar-refractivity contribution in [1.29, 1.82) is 0 Å². The first kappa shape index (κ1) is 13.5. The lowest BCUT2D eigenvalue weighted by Gasteiger charge is -2.12. The molecule has 0 aliphatic carbocycles. The molecule has 0 spiro atoms. The van der Waals surface area contributed by atoms with Gasteiger partial charge >= 0.3 is 0 Å². The summed E-state index contributed by atoms with van der Waals surface area (Å²) in [6.45, 7) is 6.18. The quantitative estimate of drug-likeness (QED) is 0.799. The zero-order chi connectivity index (χ0) is 12.0. The molecule has 1 aromatic carbocycles. The summed E-state index contributed by atoms with van der Waals surface area (Å²) >= 11 is 3.49. The van der Waals surface area contributed by atoms with Crippen molar-refractivity contribution in [1.82, 2.24) is 0 Å². The molecule has 0 aromatic heterocycles. The molecular formula is C13H21BrNO+. The fourth-order valence-corrected chi connectivity index (χ4v) is 2.44. The molecule has 0 radical (unpaired) electrons. The average molecular weight is 287 g/mol. The van der Waals surface area contributed by atoms with E-state index in [1.807, 2.05) is 0 Å². The van der Waals surface area contributed by atoms with E-state index in [1.54, 1.807) is 0 Å². The molecule has 2 N–H and O–H groups in total. The van der Waals surface area contributed by atoms with Crippen molar-refractivity contribution in [2.75, 3.05) is 20.2 Å². The van der Waals surface area contributed by atoms with Crippen molar-refractivity contribution in [2.45, 2.75) is 26.7 Å². The van der Waals surface area contributed by atoms with Crippen molar-refractivity contribution < 1.29 is 10.1 Å². The molecular weight excluding hydrogens is 266 g/mol. The normalized spacial score (nSPS) is 10.5. The summed E-state index contributed by atoms with van der Waals surface area (Å²) in [5.74, 6) is 1.05. The third-order valence-corrected chi connectivity index (χ3v) is 3.02. The molecule has 0 fully saturated rings. The number of nitrogens with two attached hydrogens (primary N) is 1. The molecule has 0 bridgehead atoms. The molecule has 0 saturated heterocycles. The molecule has 3 heteroatoms. The molecule has 0 amide bonds. The molecule has 1 rings (SSSR count). The molecule has 0 aliphatic rings. The minimum atomic E-state index is 0.817. The Labute approximate surface area is 107 Å². The molecule has 0 aliphatic heterocycles. The first-order valence-electron chi connectivity index (χ1n) is 5.82. The lowest BCUT2D eigenvalue weighted by molar-refractivity contribution is -0.627. The Bertz CT molecular complexity index is 316. The van der Waals surface area contributed by atoms with E-state index in [4.69, 9.17) is 4.74 Å². The number of hydrogen-bond acceptors (Lipinski definition) is 1. The Balaban J connectivity index is 2.47. The van der Waals surface area contributed by atoms with Gasteiger partial charge in [-0.3, -0.25) is 0 Å². The maximum Gasteiger partial charge on any atom is 0.125 e. The van der Waals surface area contributed by atoms with Gasteiger partial charge in [0.1, 0.15) is 5.75 Å². The number of quaternary nitrogens is 1. The van der Waals surface area contributed by atoms with Crippen LogP contribution in [-0.4, -0.2) is 20.2 Å². The van der Waals surface area contributed by atoms with Gasteiger partial charge in [-0.05, 0) is 49.9 Å². The van der Waals surface area contributed by atoms with Crippen LogP contribution in [0.5, 0.6) is 5.75 Å². The topological polar surface area (TPSA) is 25.8 Å². The van der Waals surface area contributed by atoms with E-state index in [0.29, 0.717) is 0 Å². The van der Waals surface area contributed by atoms with Crippen LogP contribution >= 0.6 is 15.9 Å². The maximum atomic E-state index is 5.83. The highest BCUT2D eigenvalue weighted by atomic mass is 79.9. The highest BCUT2D eigenvalue weighted by Crippen LogP contribution is 2.27. The number of ether oxygens (including phenoxy) is 1. The summed E-state index contributed by atoms with van der Waals surface area (Å²) in [6, 6.07) is 4.20. The van der Waals surface area contributed by atoms with E-state index in [2.05, 4.69) is 54.3 Å². The van der Waals surface area contributed by atoms with Crippen LogP contribution in [0.25, 0.3) is 0 Å². The van der Waals surface area contributed by atoms with Crippen molar-refractivity contribution in [3.05, 3.63) is 27.7 Å². The first-order chi connectivity index (χ1) is 7.65. The van der Waals surface area contributed by atoms with Crippen molar-refractivity contribution in [3.8, 4) is 5.75 Å². The largest absolute Gasteiger partial charge is 0.493 e. The Morgan fingerprint density at radius 2 is 1.81 bits per heavy atom. The van der Waals surface area contributed by atoms with Crippen LogP contribution in [-0.2, 0) is 0 Å². The van der Waals surface area contributed by atoms with Gasteiger partial charge in [-0.25, -0.2) is 0 Å². The van der Waals surface area contributed by atoms with Crippen molar-refractivity contribution >= 4 is 15.9 Å². The summed E-state index contributed by atoms with van der Waals surface area (Å²) in [6.07, 6.45) is 2.34. The van der Waals surface area contributed by atoms with E-state index >= 15 is 0 Å². The predicted octanol–water partition coefficient (Wildman–Crippen LogP) is 2.42. The van der Waals surface area contributed by atoms with E-state index in [9.17, 15) is 0 Å². The second-order valence-electron chi connectivity index (χ2n) is 4.12. The summed E-state index contributed by atoms with van der Waals surface area (Å²) < 4.78 is 6.96. The van der Waals surface area contributed by atoms with Crippen LogP contribution in [0.15, 0.2) is 16.6 Å². The summed E-state index contributed by atoms with van der Waals surface area (Å²) in [4.78, 5) is 0. The van der Waals surface area contributed by atoms with Gasteiger partial charge in [0.2, 0.25) is 0 Å². The summed E-state index contributed by atoms with van der Waals surface area (Å²) in [7, 11) is 2.10. The molecule has 0 saturated carbocycles. The lowest BCUT2D eigenvalue weighted by atomic mass is 10.1. The van der Waals surface area contributed by atoms with Gasteiger partial charge in [-0.2, -0.15) is 0 Å². The Hall–Kier alpha value is -0.540. The summed E-state index contributed by atoms with van der Waals surface area (Å²) in [5, 5.41) is 2.20. The standard InChI is InChI=1S/C13H20BrNO/c1-10-8-12(14)9-11(2)13(10)16-7-5-4-6-15-3/h8-9,15H,4-7H2,1-3H3/p+1. The van der Waals surface area contributed by atoms with Gasteiger partial charge in [0, 0.05) is 4.47 Å². The van der Waals surface area contributed by atoms with Gasteiger partial charge < -0.3 is 10.1 Å². The van der Waals surface area contributed by atoms with Crippen LogP contribution in [0, 0.1) is 13.8 Å². The minimum Gasteiger partial charge on any atom is -0.493 e. The highest BCUT2D eigenvalue weighted by Gasteiger charge is 2.05. The van der Waals surface area contributed by atoms with Gasteiger partial charge in [-0.1, -0.05) is 15.9 Å². The van der Waals surface area contributed by atoms with Crippen LogP contribution in [0.2, 0.25) is 0 Å². The Kier molecular flexibility index (Phi) is 5.85. The van der Waals surface area contributed by atoms with E-state index in [0.717, 1.165) is 23.2 Å². The molecule has 2 nitrogen and oxygen atoms in total. The van der Waals surface area contributed by atoms with Crippen LogP contribution in [0.3, 0.4) is 0 Å². The monoisotopic (exact) mass is 286 g/mol. The molecule has 0 unspecified atom stereocenters. The fraction of sp³-hybridized carbons (Fsp3) is 0.538. The third kappa shape index (κ3) is 4.14. The summed E-state index contributed by atoms with van der Waals surface area (Å²) in [5.41, 5.74) is 2.41. The van der Waals surface area contributed by atoms with E-state index < -0.39 is 0 Å². The second kappa shape index (κ2) is 6.92. The number of aryl methyl sites for hydroxylation is 2. The fourth-order valence-electron chi connectivity index (χ4n) is 1.75. The molecule has 1 aromatic rings. The van der Waals surface area contributed by atoms with Crippen molar-refractivity contribution in [2.24, 2.45) is 0 Å². The lowest BCUT2D eigenvalue weighted by Crippen LogP contribution is -2.79. The molecule has 0 atom stereocenters. The number of halogens is 1. The number of unbranched alkanes of at least 4 members (excludes halogenated alkanes) is 1. The number of benzene rings is 1. The number of hydrogen-bond donors (Lipinski definition) is 1. The minimum absolute atomic E-state index is 0.817. The average Bonchev–Trinajstić information content (AvgIpc) is 2.20. The molecule has 0 heterocycles. The smallest absolute Gasteiger partial charge is 0.125 e. The van der Waals surface area contributed by atoms with Crippen LogP contribution < -0.4 is 10.1 Å². The second-order valence-corrected chi connectivity index (χ2v) is 5.04. The van der Waals surface area contributed by atoms with E-state index in [-0.39, 0.29) is 0 Å².